The van der Waals surface area contributed by atoms with Crippen LogP contribution in [0.25, 0.3) is 0 Å². The molecular formula is C21H25N3O3. The Bertz CT molecular complexity index is 848. The van der Waals surface area contributed by atoms with Gasteiger partial charge in [0.05, 0.1) is 12.1 Å². The molecule has 2 aromatic rings. The molecule has 1 aliphatic rings. The Kier molecular flexibility index (Phi) is 5.74. The first-order valence-corrected chi connectivity index (χ1v) is 9.10. The minimum Gasteiger partial charge on any atom is -0.491 e. The number of hydrogen-bond donors (Lipinski definition) is 0. The van der Waals surface area contributed by atoms with Crippen molar-refractivity contribution in [3.05, 3.63) is 58.9 Å². The van der Waals surface area contributed by atoms with Gasteiger partial charge in [-0.25, -0.2) is 0 Å². The summed E-state index contributed by atoms with van der Waals surface area (Å²) in [7, 11) is 3.52. The predicted octanol–water partition coefficient (Wildman–Crippen LogP) is 2.45. The van der Waals surface area contributed by atoms with Crippen LogP contribution in [0.1, 0.15) is 33.5 Å². The van der Waals surface area contributed by atoms with Gasteiger partial charge >= 0.3 is 0 Å². The zero-order chi connectivity index (χ0) is 19.4. The van der Waals surface area contributed by atoms with Crippen molar-refractivity contribution >= 4 is 11.8 Å². The molecule has 0 radical (unpaired) electrons. The van der Waals surface area contributed by atoms with Crippen LogP contribution >= 0.6 is 0 Å². The lowest BCUT2D eigenvalue weighted by Gasteiger charge is -2.21. The number of amides is 2. The van der Waals surface area contributed by atoms with Gasteiger partial charge < -0.3 is 14.5 Å². The second-order valence-electron chi connectivity index (χ2n) is 7.00. The number of benzene rings is 1. The zero-order valence-electron chi connectivity index (χ0n) is 16.1. The van der Waals surface area contributed by atoms with Crippen molar-refractivity contribution in [3.8, 4) is 5.75 Å². The van der Waals surface area contributed by atoms with E-state index < -0.39 is 0 Å². The monoisotopic (exact) mass is 367 g/mol. The third kappa shape index (κ3) is 4.45. The first-order valence-electron chi connectivity index (χ1n) is 9.10. The van der Waals surface area contributed by atoms with Gasteiger partial charge in [-0.1, -0.05) is 12.1 Å². The molecule has 6 heteroatoms. The molecule has 0 saturated heterocycles. The Labute approximate surface area is 159 Å². The number of aryl methyl sites for hydroxylation is 2. The van der Waals surface area contributed by atoms with Crippen molar-refractivity contribution in [2.24, 2.45) is 0 Å². The summed E-state index contributed by atoms with van der Waals surface area (Å²) in [5, 5.41) is 0. The summed E-state index contributed by atoms with van der Waals surface area (Å²) in [5.41, 5.74) is 3.57. The van der Waals surface area contributed by atoms with E-state index in [1.54, 1.807) is 36.3 Å². The molecule has 6 nitrogen and oxygen atoms in total. The number of aromatic nitrogens is 1. The van der Waals surface area contributed by atoms with Gasteiger partial charge in [0.2, 0.25) is 5.91 Å². The Morgan fingerprint density at radius 2 is 2.07 bits per heavy atom. The number of pyridine rings is 1. The maximum atomic E-state index is 12.9. The highest BCUT2D eigenvalue weighted by atomic mass is 16.5. The zero-order valence-corrected chi connectivity index (χ0v) is 16.1. The molecule has 0 aliphatic carbocycles. The van der Waals surface area contributed by atoms with Crippen LogP contribution in [0, 0.1) is 6.92 Å². The van der Waals surface area contributed by atoms with Crippen LogP contribution in [0.2, 0.25) is 0 Å². The average molecular weight is 367 g/mol. The van der Waals surface area contributed by atoms with Gasteiger partial charge in [-0.3, -0.25) is 14.6 Å². The minimum atomic E-state index is -0.0368. The van der Waals surface area contributed by atoms with Gasteiger partial charge in [0, 0.05) is 45.0 Å². The quantitative estimate of drug-likeness (QED) is 0.833. The predicted molar refractivity (Wildman–Crippen MR) is 103 cm³/mol. The highest BCUT2D eigenvalue weighted by molar-refractivity contribution is 5.95. The van der Waals surface area contributed by atoms with E-state index >= 15 is 0 Å². The van der Waals surface area contributed by atoms with Gasteiger partial charge in [0.1, 0.15) is 12.4 Å². The van der Waals surface area contributed by atoms with E-state index in [9.17, 15) is 9.59 Å². The first kappa shape index (κ1) is 18.9. The lowest BCUT2D eigenvalue weighted by molar-refractivity contribution is -0.128. The van der Waals surface area contributed by atoms with Crippen LogP contribution in [0.15, 0.2) is 36.7 Å². The van der Waals surface area contributed by atoms with Crippen molar-refractivity contribution in [2.45, 2.75) is 26.3 Å². The summed E-state index contributed by atoms with van der Waals surface area (Å²) in [5.74, 6) is 0.867. The number of fused-ring (bicyclic) bond motifs is 1. The fourth-order valence-corrected chi connectivity index (χ4v) is 3.11. The highest BCUT2D eigenvalue weighted by Gasteiger charge is 2.22. The smallest absolute Gasteiger partial charge is 0.256 e. The van der Waals surface area contributed by atoms with Crippen molar-refractivity contribution in [1.29, 1.82) is 0 Å². The fourth-order valence-electron chi connectivity index (χ4n) is 3.11. The van der Waals surface area contributed by atoms with E-state index in [0.29, 0.717) is 38.1 Å². The lowest BCUT2D eigenvalue weighted by atomic mass is 10.0. The second kappa shape index (κ2) is 8.20. The number of ether oxygens (including phenoxy) is 1. The van der Waals surface area contributed by atoms with Crippen LogP contribution < -0.4 is 4.74 Å². The summed E-state index contributed by atoms with van der Waals surface area (Å²) >= 11 is 0. The lowest BCUT2D eigenvalue weighted by Crippen LogP contribution is -2.33. The minimum absolute atomic E-state index is 0.0368. The van der Waals surface area contributed by atoms with E-state index in [-0.39, 0.29) is 11.8 Å². The van der Waals surface area contributed by atoms with Crippen LogP contribution in [0.3, 0.4) is 0 Å². The van der Waals surface area contributed by atoms with Crippen molar-refractivity contribution in [2.75, 3.05) is 27.2 Å². The molecule has 2 amide bonds. The summed E-state index contributed by atoms with van der Waals surface area (Å²) < 4.78 is 5.83. The van der Waals surface area contributed by atoms with Gasteiger partial charge in [-0.15, -0.1) is 0 Å². The van der Waals surface area contributed by atoms with Gasteiger partial charge in [-0.05, 0) is 36.6 Å². The van der Waals surface area contributed by atoms with E-state index in [1.807, 2.05) is 31.2 Å². The Morgan fingerprint density at radius 3 is 2.81 bits per heavy atom. The third-order valence-electron chi connectivity index (χ3n) is 4.79. The summed E-state index contributed by atoms with van der Waals surface area (Å²) in [6.07, 6.45) is 4.44. The number of carbonyl (C=O) groups is 2. The Balaban J connectivity index is 1.77. The molecule has 0 bridgehead atoms. The molecule has 2 heterocycles. The normalized spacial score (nSPS) is 13.4. The Hall–Kier alpha value is -2.89. The summed E-state index contributed by atoms with van der Waals surface area (Å²) in [6.45, 7) is 3.38. The molecule has 1 aromatic carbocycles. The molecule has 0 unspecified atom stereocenters. The van der Waals surface area contributed by atoms with Crippen LogP contribution in [0.4, 0.5) is 0 Å². The largest absolute Gasteiger partial charge is 0.491 e. The third-order valence-corrected chi connectivity index (χ3v) is 4.79. The van der Waals surface area contributed by atoms with Gasteiger partial charge in [-0.2, -0.15) is 0 Å². The summed E-state index contributed by atoms with van der Waals surface area (Å²) in [4.78, 5) is 32.3. The molecule has 0 saturated carbocycles. The molecule has 0 N–H and O–H groups in total. The highest BCUT2D eigenvalue weighted by Crippen LogP contribution is 2.26. The SMILES string of the molecule is Cc1ccncc1C(=O)N1CCOc2ccc(CCC(=O)N(C)C)cc2C1. The van der Waals surface area contributed by atoms with E-state index in [2.05, 4.69) is 4.98 Å². The van der Waals surface area contributed by atoms with E-state index in [4.69, 9.17) is 4.74 Å². The molecule has 0 spiro atoms. The van der Waals surface area contributed by atoms with E-state index in [0.717, 1.165) is 22.4 Å². The number of rotatable bonds is 4. The number of carbonyl (C=O) groups excluding carboxylic acids is 2. The van der Waals surface area contributed by atoms with Crippen molar-refractivity contribution in [3.63, 3.8) is 0 Å². The molecule has 142 valence electrons. The molecular weight excluding hydrogens is 342 g/mol. The molecule has 27 heavy (non-hydrogen) atoms. The maximum Gasteiger partial charge on any atom is 0.256 e. The average Bonchev–Trinajstić information content (AvgIpc) is 2.87. The molecule has 1 aliphatic heterocycles. The second-order valence-corrected chi connectivity index (χ2v) is 7.00. The topological polar surface area (TPSA) is 62.7 Å². The van der Waals surface area contributed by atoms with Crippen LogP contribution in [-0.2, 0) is 17.8 Å². The molecule has 1 aromatic heterocycles. The molecule has 0 fully saturated rings. The van der Waals surface area contributed by atoms with E-state index in [1.165, 1.54) is 0 Å². The first-order chi connectivity index (χ1) is 13.0. The standard InChI is InChI=1S/C21H25N3O3/c1-15-8-9-22-13-18(15)21(26)24-10-11-27-19-6-4-16(12-17(19)14-24)5-7-20(25)23(2)3/h4,6,8-9,12-13H,5,7,10-11,14H2,1-3H3. The van der Waals surface area contributed by atoms with Crippen LogP contribution in [0.5, 0.6) is 5.75 Å². The van der Waals surface area contributed by atoms with Gasteiger partial charge in [0.25, 0.3) is 5.91 Å². The Morgan fingerprint density at radius 1 is 1.26 bits per heavy atom. The maximum absolute atomic E-state index is 12.9. The molecule has 0 atom stereocenters. The van der Waals surface area contributed by atoms with Gasteiger partial charge in [0.15, 0.2) is 0 Å². The molecule has 3 rings (SSSR count). The summed E-state index contributed by atoms with van der Waals surface area (Å²) in [6, 6.07) is 7.81. The number of nitrogens with zero attached hydrogens (tertiary/aromatic N) is 3. The number of hydrogen-bond acceptors (Lipinski definition) is 4. The van der Waals surface area contributed by atoms with Crippen molar-refractivity contribution < 1.29 is 14.3 Å². The fraction of sp³-hybridized carbons (Fsp3) is 0.381. The van der Waals surface area contributed by atoms with Crippen molar-refractivity contribution in [1.82, 2.24) is 14.8 Å². The van der Waals surface area contributed by atoms with Crippen LogP contribution in [-0.4, -0.2) is 53.8 Å².